The molecule has 3 aromatic rings. The lowest BCUT2D eigenvalue weighted by Gasteiger charge is -2.03. The first-order valence-corrected chi connectivity index (χ1v) is 5.99. The molecular formula is C13H13ClN4. The second-order valence-corrected chi connectivity index (χ2v) is 4.74. The maximum absolute atomic E-state index is 6.45. The van der Waals surface area contributed by atoms with E-state index in [1.54, 1.807) is 4.68 Å². The average molecular weight is 261 g/mol. The minimum absolute atomic E-state index is 0.620. The van der Waals surface area contributed by atoms with Crippen molar-refractivity contribution in [1.82, 2.24) is 14.3 Å². The summed E-state index contributed by atoms with van der Waals surface area (Å²) >= 11 is 6.45. The van der Waals surface area contributed by atoms with Gasteiger partial charge < -0.3 is 10.3 Å². The summed E-state index contributed by atoms with van der Waals surface area (Å²) in [6.07, 6.45) is 1.99. The van der Waals surface area contributed by atoms with E-state index in [1.165, 1.54) is 0 Å². The van der Waals surface area contributed by atoms with Crippen molar-refractivity contribution in [2.75, 3.05) is 5.73 Å². The van der Waals surface area contributed by atoms with Gasteiger partial charge in [-0.25, -0.2) is 0 Å². The third-order valence-electron chi connectivity index (χ3n) is 3.19. The lowest BCUT2D eigenvalue weighted by atomic mass is 10.1. The highest BCUT2D eigenvalue weighted by molar-refractivity contribution is 6.38. The first-order chi connectivity index (χ1) is 8.58. The van der Waals surface area contributed by atoms with Gasteiger partial charge in [-0.15, -0.1) is 0 Å². The number of hydrogen-bond acceptors (Lipinski definition) is 2. The Balaban J connectivity index is 2.26. The van der Waals surface area contributed by atoms with Crippen LogP contribution in [0.2, 0.25) is 5.02 Å². The standard InChI is InChI=1S/C13H13ClN4/c1-17-6-5-9-11(17)4-3-8(13(9)14)10-7-12(15)18(2)16-10/h3-7H,15H2,1-2H3. The summed E-state index contributed by atoms with van der Waals surface area (Å²) in [7, 11) is 3.81. The normalized spacial score (nSPS) is 11.3. The fourth-order valence-corrected chi connectivity index (χ4v) is 2.45. The van der Waals surface area contributed by atoms with E-state index < -0.39 is 0 Å². The van der Waals surface area contributed by atoms with Crippen molar-refractivity contribution in [1.29, 1.82) is 0 Å². The molecule has 3 rings (SSSR count). The minimum Gasteiger partial charge on any atom is -0.384 e. The van der Waals surface area contributed by atoms with Crippen molar-refractivity contribution >= 4 is 28.3 Å². The van der Waals surface area contributed by atoms with E-state index in [-0.39, 0.29) is 0 Å². The van der Waals surface area contributed by atoms with E-state index in [1.807, 2.05) is 49.1 Å². The van der Waals surface area contributed by atoms with Crippen LogP contribution >= 0.6 is 11.6 Å². The highest BCUT2D eigenvalue weighted by Gasteiger charge is 2.12. The van der Waals surface area contributed by atoms with Crippen LogP contribution in [-0.2, 0) is 14.1 Å². The number of halogens is 1. The lowest BCUT2D eigenvalue weighted by molar-refractivity contribution is 0.782. The largest absolute Gasteiger partial charge is 0.384 e. The molecule has 5 heteroatoms. The summed E-state index contributed by atoms with van der Waals surface area (Å²) in [5.74, 6) is 0.620. The summed E-state index contributed by atoms with van der Waals surface area (Å²) in [4.78, 5) is 0. The number of anilines is 1. The molecule has 4 nitrogen and oxygen atoms in total. The second-order valence-electron chi connectivity index (χ2n) is 4.36. The lowest BCUT2D eigenvalue weighted by Crippen LogP contribution is -1.96. The van der Waals surface area contributed by atoms with Crippen molar-refractivity contribution < 1.29 is 0 Å². The zero-order valence-electron chi connectivity index (χ0n) is 10.2. The molecule has 0 amide bonds. The Morgan fingerprint density at radius 2 is 2.00 bits per heavy atom. The highest BCUT2D eigenvalue weighted by Crippen LogP contribution is 2.34. The third-order valence-corrected chi connectivity index (χ3v) is 3.60. The topological polar surface area (TPSA) is 48.8 Å². The molecule has 0 saturated carbocycles. The first-order valence-electron chi connectivity index (χ1n) is 5.61. The molecule has 0 bridgehead atoms. The van der Waals surface area contributed by atoms with Gasteiger partial charge in [0.1, 0.15) is 5.82 Å². The zero-order valence-corrected chi connectivity index (χ0v) is 10.9. The van der Waals surface area contributed by atoms with Gasteiger partial charge in [0.2, 0.25) is 0 Å². The van der Waals surface area contributed by atoms with Crippen LogP contribution in [-0.4, -0.2) is 14.3 Å². The summed E-state index contributed by atoms with van der Waals surface area (Å²) in [5, 5.41) is 6.10. The van der Waals surface area contributed by atoms with Crippen LogP contribution < -0.4 is 5.73 Å². The smallest absolute Gasteiger partial charge is 0.121 e. The maximum Gasteiger partial charge on any atom is 0.121 e. The predicted molar refractivity (Wildman–Crippen MR) is 74.5 cm³/mol. The van der Waals surface area contributed by atoms with Gasteiger partial charge in [-0.3, -0.25) is 4.68 Å². The number of hydrogen-bond donors (Lipinski definition) is 1. The molecule has 92 valence electrons. The number of benzene rings is 1. The number of nitrogens with zero attached hydrogens (tertiary/aromatic N) is 3. The number of aryl methyl sites for hydroxylation is 2. The molecule has 0 spiro atoms. The van der Waals surface area contributed by atoms with Crippen molar-refractivity contribution in [2.45, 2.75) is 0 Å². The van der Waals surface area contributed by atoms with Gasteiger partial charge in [-0.2, -0.15) is 5.10 Å². The van der Waals surface area contributed by atoms with Crippen LogP contribution in [0.4, 0.5) is 5.82 Å². The van der Waals surface area contributed by atoms with Crippen molar-refractivity contribution in [3.8, 4) is 11.3 Å². The Bertz CT molecular complexity index is 719. The quantitative estimate of drug-likeness (QED) is 0.731. The number of aromatic nitrogens is 3. The van der Waals surface area contributed by atoms with E-state index in [9.17, 15) is 0 Å². The number of nitrogens with two attached hydrogens (primary N) is 1. The van der Waals surface area contributed by atoms with Crippen LogP contribution in [0.3, 0.4) is 0 Å². The van der Waals surface area contributed by atoms with E-state index in [2.05, 4.69) is 5.10 Å². The SMILES string of the molecule is Cn1nc(-c2ccc3c(ccn3C)c2Cl)cc1N. The second kappa shape index (κ2) is 3.78. The molecule has 0 fully saturated rings. The molecular weight excluding hydrogens is 248 g/mol. The van der Waals surface area contributed by atoms with E-state index in [0.717, 1.165) is 22.2 Å². The molecule has 0 saturated heterocycles. The fourth-order valence-electron chi connectivity index (χ4n) is 2.13. The minimum atomic E-state index is 0.620. The predicted octanol–water partition coefficient (Wildman–Crippen LogP) is 2.81. The Morgan fingerprint density at radius 3 is 2.67 bits per heavy atom. The molecule has 2 N–H and O–H groups in total. The molecule has 18 heavy (non-hydrogen) atoms. The van der Waals surface area contributed by atoms with Crippen LogP contribution in [0.15, 0.2) is 30.5 Å². The van der Waals surface area contributed by atoms with Gasteiger partial charge in [0.05, 0.1) is 10.7 Å². The van der Waals surface area contributed by atoms with Crippen LogP contribution in [0.25, 0.3) is 22.2 Å². The summed E-state index contributed by atoms with van der Waals surface area (Å²) < 4.78 is 3.68. The molecule has 0 unspecified atom stereocenters. The van der Waals surface area contributed by atoms with Crippen molar-refractivity contribution in [3.63, 3.8) is 0 Å². The van der Waals surface area contributed by atoms with E-state index in [0.29, 0.717) is 10.8 Å². The molecule has 0 aliphatic rings. The van der Waals surface area contributed by atoms with Crippen molar-refractivity contribution in [3.05, 3.63) is 35.5 Å². The Hall–Kier alpha value is -1.94. The summed E-state index contributed by atoms with van der Waals surface area (Å²) in [5.41, 5.74) is 8.60. The zero-order chi connectivity index (χ0) is 12.9. The van der Waals surface area contributed by atoms with Gasteiger partial charge in [-0.1, -0.05) is 11.6 Å². The molecule has 0 atom stereocenters. The van der Waals surface area contributed by atoms with E-state index in [4.69, 9.17) is 17.3 Å². The van der Waals surface area contributed by atoms with Crippen LogP contribution in [0, 0.1) is 0 Å². The van der Waals surface area contributed by atoms with Gasteiger partial charge in [0.25, 0.3) is 0 Å². The van der Waals surface area contributed by atoms with E-state index >= 15 is 0 Å². The average Bonchev–Trinajstić information content (AvgIpc) is 2.86. The molecule has 0 aliphatic carbocycles. The number of rotatable bonds is 1. The molecule has 0 radical (unpaired) electrons. The number of nitrogen functional groups attached to an aromatic ring is 1. The molecule has 0 aliphatic heterocycles. The van der Waals surface area contributed by atoms with Gasteiger partial charge >= 0.3 is 0 Å². The maximum atomic E-state index is 6.45. The fraction of sp³-hybridized carbons (Fsp3) is 0.154. The highest BCUT2D eigenvalue weighted by atomic mass is 35.5. The molecule has 2 heterocycles. The Kier molecular flexibility index (Phi) is 2.35. The monoisotopic (exact) mass is 260 g/mol. The van der Waals surface area contributed by atoms with Gasteiger partial charge in [-0.05, 0) is 18.2 Å². The van der Waals surface area contributed by atoms with Crippen LogP contribution in [0.1, 0.15) is 0 Å². The molecule has 2 aromatic heterocycles. The first kappa shape index (κ1) is 11.2. The van der Waals surface area contributed by atoms with Crippen LogP contribution in [0.5, 0.6) is 0 Å². The van der Waals surface area contributed by atoms with Gasteiger partial charge in [0.15, 0.2) is 0 Å². The third kappa shape index (κ3) is 1.49. The van der Waals surface area contributed by atoms with Crippen molar-refractivity contribution in [2.24, 2.45) is 14.1 Å². The summed E-state index contributed by atoms with van der Waals surface area (Å²) in [6, 6.07) is 7.86. The Morgan fingerprint density at radius 1 is 1.22 bits per heavy atom. The number of fused-ring (bicyclic) bond motifs is 1. The Labute approximate surface area is 110 Å². The molecule has 1 aromatic carbocycles. The van der Waals surface area contributed by atoms with Gasteiger partial charge in [0, 0.05) is 42.8 Å². The summed E-state index contributed by atoms with van der Waals surface area (Å²) in [6.45, 7) is 0.